The Bertz CT molecular complexity index is 308. The molecule has 0 saturated heterocycles. The third-order valence-electron chi connectivity index (χ3n) is 2.23. The van der Waals surface area contributed by atoms with E-state index in [1.165, 1.54) is 4.88 Å². The van der Waals surface area contributed by atoms with Gasteiger partial charge in [-0.1, -0.05) is 19.4 Å². The lowest BCUT2D eigenvalue weighted by Gasteiger charge is -2.18. The van der Waals surface area contributed by atoms with E-state index in [0.29, 0.717) is 12.0 Å². The van der Waals surface area contributed by atoms with Crippen LogP contribution >= 0.6 is 11.3 Å². The summed E-state index contributed by atoms with van der Waals surface area (Å²) in [7, 11) is 0. The van der Waals surface area contributed by atoms with E-state index in [1.54, 1.807) is 11.3 Å². The Morgan fingerprint density at radius 1 is 1.56 bits per heavy atom. The number of hydrogen-bond acceptors (Lipinski definition) is 3. The Labute approximate surface area is 101 Å². The van der Waals surface area contributed by atoms with Crippen LogP contribution in [-0.2, 0) is 0 Å². The van der Waals surface area contributed by atoms with Gasteiger partial charge >= 0.3 is 0 Å². The van der Waals surface area contributed by atoms with Crippen LogP contribution in [0.3, 0.4) is 0 Å². The predicted molar refractivity (Wildman–Crippen MR) is 70.4 cm³/mol. The van der Waals surface area contributed by atoms with Crippen molar-refractivity contribution in [2.45, 2.75) is 32.7 Å². The van der Waals surface area contributed by atoms with Crippen molar-refractivity contribution in [3.63, 3.8) is 0 Å². The summed E-state index contributed by atoms with van der Waals surface area (Å²) in [5.74, 6) is 6.08. The number of hydrazine groups is 1. The summed E-state index contributed by atoms with van der Waals surface area (Å²) < 4.78 is 0. The summed E-state index contributed by atoms with van der Waals surface area (Å²) in [6, 6.07) is 4.50. The Morgan fingerprint density at radius 2 is 2.38 bits per heavy atom. The number of nitrogens with zero attached hydrogens (tertiary/aromatic N) is 1. The number of hydrogen-bond donors (Lipinski definition) is 3. The van der Waals surface area contributed by atoms with E-state index >= 15 is 0 Å². The molecule has 0 aliphatic carbocycles. The van der Waals surface area contributed by atoms with Crippen LogP contribution < -0.4 is 16.6 Å². The Morgan fingerprint density at radius 3 is 2.88 bits per heavy atom. The molecule has 1 aromatic heterocycles. The van der Waals surface area contributed by atoms with Crippen LogP contribution in [-0.4, -0.2) is 12.5 Å². The van der Waals surface area contributed by atoms with E-state index in [9.17, 15) is 0 Å². The quantitative estimate of drug-likeness (QED) is 0.319. The minimum Gasteiger partial charge on any atom is -0.348 e. The van der Waals surface area contributed by atoms with Gasteiger partial charge in [0.05, 0.1) is 6.04 Å². The van der Waals surface area contributed by atoms with Crippen molar-refractivity contribution in [1.29, 1.82) is 0 Å². The van der Waals surface area contributed by atoms with E-state index in [0.717, 1.165) is 19.4 Å². The standard InChI is InChI=1S/C11H20N4S/c1-3-6-9(10-7-5-8-16-10)14-11(15-12)13-4-2/h5,7-9H,3-4,6,12H2,1-2H3,(H2,13,14,15). The smallest absolute Gasteiger partial charge is 0.206 e. The molecule has 4 nitrogen and oxygen atoms in total. The molecule has 0 amide bonds. The molecule has 0 aliphatic rings. The average molecular weight is 240 g/mol. The largest absolute Gasteiger partial charge is 0.348 e. The van der Waals surface area contributed by atoms with Gasteiger partial charge in [-0.25, -0.2) is 5.84 Å². The van der Waals surface area contributed by atoms with Gasteiger partial charge in [0, 0.05) is 11.4 Å². The van der Waals surface area contributed by atoms with Crippen LogP contribution in [0.1, 0.15) is 37.6 Å². The molecule has 0 aliphatic heterocycles. The van der Waals surface area contributed by atoms with Gasteiger partial charge in [0.15, 0.2) is 0 Å². The summed E-state index contributed by atoms with van der Waals surface area (Å²) >= 11 is 1.76. The molecule has 16 heavy (non-hydrogen) atoms. The van der Waals surface area contributed by atoms with Crippen molar-refractivity contribution in [2.24, 2.45) is 10.8 Å². The molecular formula is C11H20N4S. The Balaban J connectivity index is 2.68. The predicted octanol–water partition coefficient (Wildman–Crippen LogP) is 2.02. The monoisotopic (exact) mass is 240 g/mol. The number of nitrogens with two attached hydrogens (primary N) is 1. The van der Waals surface area contributed by atoms with Gasteiger partial charge < -0.3 is 5.32 Å². The summed E-state index contributed by atoms with van der Waals surface area (Å²) in [5, 5.41) is 5.42. The molecule has 0 spiro atoms. The first-order chi connectivity index (χ1) is 7.81. The lowest BCUT2D eigenvalue weighted by molar-refractivity contribution is 0.579. The fourth-order valence-corrected chi connectivity index (χ4v) is 2.33. The van der Waals surface area contributed by atoms with Crippen molar-refractivity contribution in [3.8, 4) is 0 Å². The highest BCUT2D eigenvalue weighted by Gasteiger charge is 2.12. The SMILES string of the molecule is CCCC(NC(=NCC)NN)c1cccs1. The van der Waals surface area contributed by atoms with Gasteiger partial charge in [-0.2, -0.15) is 0 Å². The maximum absolute atomic E-state index is 5.42. The van der Waals surface area contributed by atoms with Crippen LogP contribution in [0.2, 0.25) is 0 Å². The molecule has 90 valence electrons. The van der Waals surface area contributed by atoms with E-state index in [2.05, 4.69) is 40.2 Å². The van der Waals surface area contributed by atoms with Crippen molar-refractivity contribution in [2.75, 3.05) is 6.54 Å². The molecule has 0 aromatic carbocycles. The van der Waals surface area contributed by atoms with E-state index in [4.69, 9.17) is 5.84 Å². The summed E-state index contributed by atoms with van der Waals surface area (Å²) in [6.45, 7) is 4.88. The normalized spacial score (nSPS) is 13.6. The van der Waals surface area contributed by atoms with Crippen LogP contribution in [0.5, 0.6) is 0 Å². The molecule has 1 unspecified atom stereocenters. The van der Waals surface area contributed by atoms with Crippen LogP contribution in [0, 0.1) is 0 Å². The second kappa shape index (κ2) is 7.24. The molecule has 1 heterocycles. The fraction of sp³-hybridized carbons (Fsp3) is 0.545. The summed E-state index contributed by atoms with van der Waals surface area (Å²) in [5.41, 5.74) is 2.60. The topological polar surface area (TPSA) is 62.4 Å². The second-order valence-corrected chi connectivity index (χ2v) is 4.45. The third kappa shape index (κ3) is 3.83. The highest BCUT2D eigenvalue weighted by atomic mass is 32.1. The van der Waals surface area contributed by atoms with Crippen molar-refractivity contribution in [3.05, 3.63) is 22.4 Å². The molecule has 0 bridgehead atoms. The first kappa shape index (κ1) is 13.0. The van der Waals surface area contributed by atoms with E-state index in [1.807, 2.05) is 6.92 Å². The molecular weight excluding hydrogens is 220 g/mol. The molecule has 1 aromatic rings. The van der Waals surface area contributed by atoms with E-state index in [-0.39, 0.29) is 0 Å². The number of thiophene rings is 1. The molecule has 0 radical (unpaired) electrons. The number of nitrogens with one attached hydrogen (secondary N) is 2. The highest BCUT2D eigenvalue weighted by molar-refractivity contribution is 7.10. The lowest BCUT2D eigenvalue weighted by Crippen LogP contribution is -2.43. The van der Waals surface area contributed by atoms with Crippen LogP contribution in [0.4, 0.5) is 0 Å². The zero-order valence-electron chi connectivity index (χ0n) is 9.86. The van der Waals surface area contributed by atoms with Gasteiger partial charge in [-0.15, -0.1) is 11.3 Å². The van der Waals surface area contributed by atoms with Gasteiger partial charge in [-0.05, 0) is 24.8 Å². The highest BCUT2D eigenvalue weighted by Crippen LogP contribution is 2.22. The van der Waals surface area contributed by atoms with Crippen LogP contribution in [0.15, 0.2) is 22.5 Å². The van der Waals surface area contributed by atoms with Crippen molar-refractivity contribution < 1.29 is 0 Å². The number of aliphatic imine (C=N–C) groups is 1. The van der Waals surface area contributed by atoms with Gasteiger partial charge in [0.25, 0.3) is 0 Å². The molecule has 5 heteroatoms. The molecule has 4 N–H and O–H groups in total. The maximum atomic E-state index is 5.42. The number of rotatable bonds is 5. The van der Waals surface area contributed by atoms with Gasteiger partial charge in [0.2, 0.25) is 5.96 Å². The zero-order chi connectivity index (χ0) is 11.8. The zero-order valence-corrected chi connectivity index (χ0v) is 10.7. The Kier molecular flexibility index (Phi) is 5.88. The fourth-order valence-electron chi connectivity index (χ4n) is 1.52. The van der Waals surface area contributed by atoms with E-state index < -0.39 is 0 Å². The molecule has 1 rings (SSSR count). The van der Waals surface area contributed by atoms with Gasteiger partial charge in [0.1, 0.15) is 0 Å². The second-order valence-electron chi connectivity index (χ2n) is 3.47. The summed E-state index contributed by atoms with van der Waals surface area (Å²) in [4.78, 5) is 5.57. The number of guanidine groups is 1. The van der Waals surface area contributed by atoms with Gasteiger partial charge in [-0.3, -0.25) is 10.4 Å². The maximum Gasteiger partial charge on any atom is 0.206 e. The van der Waals surface area contributed by atoms with Crippen molar-refractivity contribution in [1.82, 2.24) is 10.7 Å². The first-order valence-corrected chi connectivity index (χ1v) is 6.50. The molecule has 0 fully saturated rings. The Hall–Kier alpha value is -1.07. The first-order valence-electron chi connectivity index (χ1n) is 5.62. The lowest BCUT2D eigenvalue weighted by atomic mass is 10.1. The average Bonchev–Trinajstić information content (AvgIpc) is 2.81. The van der Waals surface area contributed by atoms with Crippen molar-refractivity contribution >= 4 is 17.3 Å². The minimum atomic E-state index is 0.298. The molecule has 0 saturated carbocycles. The molecule has 1 atom stereocenters. The third-order valence-corrected chi connectivity index (χ3v) is 3.21. The van der Waals surface area contributed by atoms with Crippen LogP contribution in [0.25, 0.3) is 0 Å². The summed E-state index contributed by atoms with van der Waals surface area (Å²) in [6.07, 6.45) is 2.20. The minimum absolute atomic E-state index is 0.298.